The van der Waals surface area contributed by atoms with Crippen LogP contribution in [0.4, 0.5) is 0 Å². The summed E-state index contributed by atoms with van der Waals surface area (Å²) in [6.45, 7) is 6.83. The molecule has 0 amide bonds. The van der Waals surface area contributed by atoms with E-state index in [-0.39, 0.29) is 11.9 Å². The third-order valence-electron chi connectivity index (χ3n) is 4.72. The molecule has 0 saturated carbocycles. The number of rotatable bonds is 5. The van der Waals surface area contributed by atoms with Crippen LogP contribution in [-0.2, 0) is 16.2 Å². The highest BCUT2D eigenvalue weighted by Crippen LogP contribution is 2.14. The Morgan fingerprint density at radius 2 is 2.24 bits per heavy atom. The number of aromatic nitrogens is 3. The fourth-order valence-electron chi connectivity index (χ4n) is 3.41. The molecule has 1 saturated heterocycles. The number of hydrogen-bond acceptors (Lipinski definition) is 4. The van der Waals surface area contributed by atoms with E-state index >= 15 is 0 Å². The first kappa shape index (κ1) is 17.8. The first-order valence-corrected chi connectivity index (χ1v) is 9.21. The number of piperidine rings is 1. The maximum atomic E-state index is 12.0. The summed E-state index contributed by atoms with van der Waals surface area (Å²) >= 11 is 5.62. The minimum atomic E-state index is -0.0752. The first-order chi connectivity index (χ1) is 12.1. The van der Waals surface area contributed by atoms with Gasteiger partial charge in [0.2, 0.25) is 4.77 Å². The molecule has 1 aliphatic rings. The van der Waals surface area contributed by atoms with Crippen LogP contribution in [0.2, 0.25) is 0 Å². The second-order valence-electron chi connectivity index (χ2n) is 6.52. The van der Waals surface area contributed by atoms with E-state index in [1.807, 2.05) is 34.4 Å². The molecular weight excluding hydrogens is 336 g/mol. The average molecular weight is 361 g/mol. The predicted octanol–water partition coefficient (Wildman–Crippen LogP) is 1.53. The van der Waals surface area contributed by atoms with E-state index in [2.05, 4.69) is 18.1 Å². The average Bonchev–Trinajstić information content (AvgIpc) is 2.96. The Labute approximate surface area is 153 Å². The molecule has 2 aromatic rings. The number of nitrogens with zero attached hydrogens (tertiary/aromatic N) is 3. The fraction of sp³-hybridized carbons (Fsp3) is 0.500. The van der Waals surface area contributed by atoms with Crippen LogP contribution in [0, 0.1) is 17.6 Å². The van der Waals surface area contributed by atoms with Crippen molar-refractivity contribution in [3.05, 3.63) is 40.9 Å². The Hall–Kier alpha value is -1.99. The van der Waals surface area contributed by atoms with Gasteiger partial charge in [-0.2, -0.15) is 9.78 Å². The summed E-state index contributed by atoms with van der Waals surface area (Å²) in [7, 11) is 0. The molecule has 1 aliphatic heterocycles. The molecule has 0 aliphatic carbocycles. The minimum absolute atomic E-state index is 0.0173. The van der Waals surface area contributed by atoms with Gasteiger partial charge in [-0.3, -0.25) is 9.36 Å². The van der Waals surface area contributed by atoms with Gasteiger partial charge >= 0.3 is 5.97 Å². The molecule has 1 fully saturated rings. The number of para-hydroxylation sites is 1. The number of ether oxygens (including phenoxy) is 1. The van der Waals surface area contributed by atoms with E-state index in [0.29, 0.717) is 18.0 Å². The topological polar surface area (TPSA) is 53.5 Å². The van der Waals surface area contributed by atoms with Crippen molar-refractivity contribution < 1.29 is 14.4 Å². The van der Waals surface area contributed by atoms with E-state index in [9.17, 15) is 4.79 Å². The maximum absolute atomic E-state index is 12.0. The van der Waals surface area contributed by atoms with Crippen LogP contribution in [-0.4, -0.2) is 40.0 Å². The smallest absolute Gasteiger partial charge is 0.314 e. The largest absolute Gasteiger partial charge is 0.466 e. The number of benzene rings is 1. The molecule has 134 valence electrons. The minimum Gasteiger partial charge on any atom is -0.466 e. The van der Waals surface area contributed by atoms with Gasteiger partial charge in [-0.15, -0.1) is 0 Å². The van der Waals surface area contributed by atoms with E-state index in [4.69, 9.17) is 17.0 Å². The molecule has 1 N–H and O–H groups in total. The molecule has 6 nitrogen and oxygen atoms in total. The Balaban J connectivity index is 1.73. The highest BCUT2D eigenvalue weighted by Gasteiger charge is 2.30. The number of hydrogen-bond donors (Lipinski definition) is 1. The molecule has 2 heterocycles. The second-order valence-corrected chi connectivity index (χ2v) is 6.89. The maximum Gasteiger partial charge on any atom is 0.314 e. The highest BCUT2D eigenvalue weighted by molar-refractivity contribution is 7.71. The molecule has 7 heteroatoms. The zero-order chi connectivity index (χ0) is 17.8. The summed E-state index contributed by atoms with van der Waals surface area (Å²) in [5.41, 5.74) is 2.21. The van der Waals surface area contributed by atoms with E-state index in [1.165, 1.54) is 4.90 Å². The van der Waals surface area contributed by atoms with E-state index < -0.39 is 0 Å². The van der Waals surface area contributed by atoms with Gasteiger partial charge in [0.15, 0.2) is 6.67 Å². The molecule has 0 bridgehead atoms. The van der Waals surface area contributed by atoms with Gasteiger partial charge in [-0.25, -0.2) is 0 Å². The summed E-state index contributed by atoms with van der Waals surface area (Å²) in [4.78, 5) is 13.3. The second kappa shape index (κ2) is 7.93. The van der Waals surface area contributed by atoms with Gasteiger partial charge in [0.25, 0.3) is 0 Å². The lowest BCUT2D eigenvalue weighted by Crippen LogP contribution is -3.13. The number of carbonyl (C=O) groups excluding carboxylic acids is 1. The van der Waals surface area contributed by atoms with Crippen LogP contribution < -0.4 is 4.90 Å². The number of nitrogens with one attached hydrogen (secondary N) is 1. The van der Waals surface area contributed by atoms with Crippen LogP contribution in [0.1, 0.15) is 25.3 Å². The molecule has 1 aromatic heterocycles. The Kier molecular flexibility index (Phi) is 5.65. The summed E-state index contributed by atoms with van der Waals surface area (Å²) in [6, 6.07) is 8.12. The van der Waals surface area contributed by atoms with Crippen LogP contribution in [0.5, 0.6) is 0 Å². The number of aryl methyl sites for hydroxylation is 1. The van der Waals surface area contributed by atoms with Gasteiger partial charge in [-0.05, 0) is 50.5 Å². The lowest BCUT2D eigenvalue weighted by Gasteiger charge is -2.28. The summed E-state index contributed by atoms with van der Waals surface area (Å²) in [5.74, 6) is -0.0925. The Morgan fingerprint density at radius 3 is 3.00 bits per heavy atom. The van der Waals surface area contributed by atoms with Gasteiger partial charge in [0, 0.05) is 0 Å². The van der Waals surface area contributed by atoms with Crippen molar-refractivity contribution in [1.82, 2.24) is 14.3 Å². The zero-order valence-electron chi connectivity index (χ0n) is 14.8. The van der Waals surface area contributed by atoms with Crippen LogP contribution in [0.15, 0.2) is 30.6 Å². The lowest BCUT2D eigenvalue weighted by atomic mass is 9.99. The molecule has 0 spiro atoms. The zero-order valence-corrected chi connectivity index (χ0v) is 15.6. The van der Waals surface area contributed by atoms with Crippen LogP contribution in [0.3, 0.4) is 0 Å². The van der Waals surface area contributed by atoms with Gasteiger partial charge in [-0.1, -0.05) is 18.2 Å². The summed E-state index contributed by atoms with van der Waals surface area (Å²) < 4.78 is 9.65. The molecule has 25 heavy (non-hydrogen) atoms. The molecule has 1 aromatic carbocycles. The SMILES string of the molecule is CCOC(=O)[C@H]1CCC[NH+](Cn2ncn(-c3ccccc3C)c2=S)C1. The predicted molar refractivity (Wildman–Crippen MR) is 97.2 cm³/mol. The van der Waals surface area contributed by atoms with Crippen molar-refractivity contribution in [3.8, 4) is 5.69 Å². The molecule has 0 radical (unpaired) electrons. The fourth-order valence-corrected chi connectivity index (χ4v) is 3.67. The van der Waals surface area contributed by atoms with Crippen molar-refractivity contribution in [2.45, 2.75) is 33.4 Å². The standard InChI is InChI=1S/C18H24N4O2S/c1-3-24-17(23)15-8-6-10-20(11-15)13-22-18(25)21(12-19-22)16-9-5-4-7-14(16)2/h4-5,7,9,12,15H,3,6,8,10-11,13H2,1-2H3/p+1/t15-/m0/s1. The van der Waals surface area contributed by atoms with Crippen molar-refractivity contribution >= 4 is 18.2 Å². The third kappa shape index (κ3) is 3.99. The molecule has 2 atom stereocenters. The van der Waals surface area contributed by atoms with Gasteiger partial charge in [0.05, 0.1) is 25.4 Å². The third-order valence-corrected chi connectivity index (χ3v) is 5.13. The van der Waals surface area contributed by atoms with Crippen molar-refractivity contribution in [2.24, 2.45) is 5.92 Å². The Bertz CT molecular complexity index is 798. The highest BCUT2D eigenvalue weighted by atomic mass is 32.1. The van der Waals surface area contributed by atoms with Crippen LogP contribution >= 0.6 is 12.2 Å². The van der Waals surface area contributed by atoms with Crippen molar-refractivity contribution in [2.75, 3.05) is 19.7 Å². The quantitative estimate of drug-likeness (QED) is 0.648. The van der Waals surface area contributed by atoms with Gasteiger partial charge < -0.3 is 9.64 Å². The number of esters is 1. The summed E-state index contributed by atoms with van der Waals surface area (Å²) in [6.07, 6.45) is 3.70. The lowest BCUT2D eigenvalue weighted by molar-refractivity contribution is -0.930. The van der Waals surface area contributed by atoms with Crippen molar-refractivity contribution in [3.63, 3.8) is 0 Å². The summed E-state index contributed by atoms with van der Waals surface area (Å²) in [5, 5.41) is 4.47. The number of carbonyl (C=O) groups is 1. The van der Waals surface area contributed by atoms with Crippen LogP contribution in [0.25, 0.3) is 5.69 Å². The molecule has 1 unspecified atom stereocenters. The normalized spacial score (nSPS) is 20.4. The first-order valence-electron chi connectivity index (χ1n) is 8.80. The number of likely N-dealkylation sites (tertiary alicyclic amines) is 1. The monoisotopic (exact) mass is 361 g/mol. The molecular formula is C18H25N4O2S+. The molecule has 3 rings (SSSR count). The van der Waals surface area contributed by atoms with Gasteiger partial charge in [0.1, 0.15) is 12.2 Å². The number of quaternary nitrogens is 1. The van der Waals surface area contributed by atoms with E-state index in [0.717, 1.165) is 37.2 Å². The van der Waals surface area contributed by atoms with E-state index in [1.54, 1.807) is 6.33 Å². The van der Waals surface area contributed by atoms with Crippen molar-refractivity contribution in [1.29, 1.82) is 0 Å². The Morgan fingerprint density at radius 1 is 1.44 bits per heavy atom.